The van der Waals surface area contributed by atoms with Gasteiger partial charge < -0.3 is 9.64 Å². The SMILES string of the molecule is C=C(C)C1=CN2C(=CC1=C)c1ccc(OC)cc1CC2Cc1ccccc1. The van der Waals surface area contributed by atoms with Gasteiger partial charge in [-0.2, -0.15) is 0 Å². The Balaban J connectivity index is 1.80. The lowest BCUT2D eigenvalue weighted by Gasteiger charge is -2.41. The molecule has 0 N–H and O–H groups in total. The first-order valence-electron chi connectivity index (χ1n) is 9.35. The highest BCUT2D eigenvalue weighted by Crippen LogP contribution is 2.40. The van der Waals surface area contributed by atoms with Gasteiger partial charge in [0.25, 0.3) is 0 Å². The Labute approximate surface area is 161 Å². The summed E-state index contributed by atoms with van der Waals surface area (Å²) in [7, 11) is 1.72. The van der Waals surface area contributed by atoms with Crippen molar-refractivity contribution in [3.05, 3.63) is 107 Å². The van der Waals surface area contributed by atoms with E-state index in [0.717, 1.165) is 35.3 Å². The molecule has 0 radical (unpaired) electrons. The van der Waals surface area contributed by atoms with Crippen LogP contribution in [0.3, 0.4) is 0 Å². The molecule has 27 heavy (non-hydrogen) atoms. The predicted molar refractivity (Wildman–Crippen MR) is 112 cm³/mol. The van der Waals surface area contributed by atoms with Gasteiger partial charge in [0.15, 0.2) is 0 Å². The standard InChI is InChI=1S/C25H25NO/c1-17(2)24-16-26-21(13-19-8-6-5-7-9-19)14-20-15-22(27-4)10-11-23(20)25(26)12-18(24)3/h5-12,15-16,21H,1,3,13-14H2,2,4H3. The van der Waals surface area contributed by atoms with E-state index in [9.17, 15) is 0 Å². The Kier molecular flexibility index (Phi) is 4.49. The number of hydrogen-bond donors (Lipinski definition) is 0. The average molecular weight is 355 g/mol. The predicted octanol–water partition coefficient (Wildman–Crippen LogP) is 5.54. The van der Waals surface area contributed by atoms with Crippen LogP contribution in [0.4, 0.5) is 0 Å². The second kappa shape index (κ2) is 6.96. The summed E-state index contributed by atoms with van der Waals surface area (Å²) < 4.78 is 5.47. The van der Waals surface area contributed by atoms with Gasteiger partial charge in [0.05, 0.1) is 7.11 Å². The highest BCUT2D eigenvalue weighted by Gasteiger charge is 2.31. The fourth-order valence-corrected chi connectivity index (χ4v) is 4.04. The summed E-state index contributed by atoms with van der Waals surface area (Å²) in [5.74, 6) is 0.911. The summed E-state index contributed by atoms with van der Waals surface area (Å²) in [5, 5.41) is 0. The summed E-state index contributed by atoms with van der Waals surface area (Å²) >= 11 is 0. The fraction of sp³-hybridized carbons (Fsp3) is 0.200. The molecule has 2 heterocycles. The molecule has 2 aromatic carbocycles. The Bertz CT molecular complexity index is 965. The lowest BCUT2D eigenvalue weighted by atomic mass is 9.85. The van der Waals surface area contributed by atoms with Gasteiger partial charge in [-0.05, 0) is 71.9 Å². The van der Waals surface area contributed by atoms with Gasteiger partial charge in [0, 0.05) is 23.5 Å². The van der Waals surface area contributed by atoms with E-state index in [2.05, 4.69) is 72.8 Å². The zero-order chi connectivity index (χ0) is 19.0. The minimum atomic E-state index is 0.348. The van der Waals surface area contributed by atoms with Crippen LogP contribution in [0.1, 0.15) is 23.6 Å². The number of methoxy groups -OCH3 is 1. The highest BCUT2D eigenvalue weighted by atomic mass is 16.5. The minimum absolute atomic E-state index is 0.348. The average Bonchev–Trinajstić information content (AvgIpc) is 2.67. The molecule has 0 aromatic heterocycles. The third-order valence-corrected chi connectivity index (χ3v) is 5.41. The van der Waals surface area contributed by atoms with Crippen molar-refractivity contribution in [2.75, 3.05) is 7.11 Å². The van der Waals surface area contributed by atoms with Crippen molar-refractivity contribution in [1.29, 1.82) is 0 Å². The third kappa shape index (κ3) is 3.23. The van der Waals surface area contributed by atoms with E-state index in [1.165, 1.54) is 22.4 Å². The lowest BCUT2D eigenvalue weighted by Crippen LogP contribution is -2.39. The van der Waals surface area contributed by atoms with Crippen molar-refractivity contribution in [3.63, 3.8) is 0 Å². The van der Waals surface area contributed by atoms with Gasteiger partial charge in [-0.15, -0.1) is 0 Å². The van der Waals surface area contributed by atoms with Crippen LogP contribution >= 0.6 is 0 Å². The molecule has 0 spiro atoms. The van der Waals surface area contributed by atoms with Crippen LogP contribution in [0.15, 0.2) is 90.7 Å². The second-order valence-corrected chi connectivity index (χ2v) is 7.36. The molecule has 2 aromatic rings. The zero-order valence-corrected chi connectivity index (χ0v) is 16.0. The Morgan fingerprint density at radius 1 is 1.19 bits per heavy atom. The van der Waals surface area contributed by atoms with Crippen LogP contribution in [0, 0.1) is 0 Å². The molecule has 2 aliphatic rings. The number of benzene rings is 2. The van der Waals surface area contributed by atoms with Gasteiger partial charge in [0.1, 0.15) is 5.75 Å². The second-order valence-electron chi connectivity index (χ2n) is 7.36. The number of allylic oxidation sites excluding steroid dienone is 4. The number of fused-ring (bicyclic) bond motifs is 3. The number of hydrogen-bond acceptors (Lipinski definition) is 2. The van der Waals surface area contributed by atoms with Crippen molar-refractivity contribution in [3.8, 4) is 5.75 Å². The van der Waals surface area contributed by atoms with Gasteiger partial charge in [-0.3, -0.25) is 0 Å². The third-order valence-electron chi connectivity index (χ3n) is 5.41. The molecule has 0 saturated carbocycles. The monoisotopic (exact) mass is 355 g/mol. The van der Waals surface area contributed by atoms with Crippen LogP contribution in [0.2, 0.25) is 0 Å². The van der Waals surface area contributed by atoms with E-state index < -0.39 is 0 Å². The Morgan fingerprint density at radius 3 is 2.67 bits per heavy atom. The van der Waals surface area contributed by atoms with E-state index in [1.807, 2.05) is 13.0 Å². The molecular weight excluding hydrogens is 330 g/mol. The lowest BCUT2D eigenvalue weighted by molar-refractivity contribution is 0.358. The molecule has 2 aliphatic heterocycles. The van der Waals surface area contributed by atoms with Crippen molar-refractivity contribution >= 4 is 5.70 Å². The zero-order valence-electron chi connectivity index (χ0n) is 16.0. The van der Waals surface area contributed by atoms with E-state index in [1.54, 1.807) is 7.11 Å². The normalized spacial score (nSPS) is 18.2. The molecule has 0 fully saturated rings. The molecular formula is C25H25NO. The van der Waals surface area contributed by atoms with Gasteiger partial charge in [0.2, 0.25) is 0 Å². The molecule has 1 atom stereocenters. The number of ether oxygens (including phenoxy) is 1. The minimum Gasteiger partial charge on any atom is -0.497 e. The summed E-state index contributed by atoms with van der Waals surface area (Å²) in [6.45, 7) is 10.5. The molecule has 0 aliphatic carbocycles. The topological polar surface area (TPSA) is 12.5 Å². The first-order chi connectivity index (χ1) is 13.1. The summed E-state index contributed by atoms with van der Waals surface area (Å²) in [6.07, 6.45) is 6.40. The molecule has 1 unspecified atom stereocenters. The maximum atomic E-state index is 5.47. The molecule has 2 nitrogen and oxygen atoms in total. The van der Waals surface area contributed by atoms with Gasteiger partial charge in [-0.25, -0.2) is 0 Å². The van der Waals surface area contributed by atoms with E-state index >= 15 is 0 Å². The first kappa shape index (κ1) is 17.4. The summed E-state index contributed by atoms with van der Waals surface area (Å²) in [6, 6.07) is 17.4. The molecule has 136 valence electrons. The smallest absolute Gasteiger partial charge is 0.119 e. The van der Waals surface area contributed by atoms with Crippen LogP contribution in [-0.4, -0.2) is 18.1 Å². The van der Waals surface area contributed by atoms with Crippen molar-refractivity contribution in [1.82, 2.24) is 4.90 Å². The van der Waals surface area contributed by atoms with Crippen molar-refractivity contribution in [2.45, 2.75) is 25.8 Å². The van der Waals surface area contributed by atoms with Crippen LogP contribution < -0.4 is 4.74 Å². The molecule has 0 saturated heterocycles. The van der Waals surface area contributed by atoms with E-state index in [0.29, 0.717) is 6.04 Å². The maximum Gasteiger partial charge on any atom is 0.119 e. The quantitative estimate of drug-likeness (QED) is 0.714. The van der Waals surface area contributed by atoms with Gasteiger partial charge in [-0.1, -0.05) is 43.5 Å². The number of nitrogens with zero attached hydrogens (tertiary/aromatic N) is 1. The molecule has 0 bridgehead atoms. The van der Waals surface area contributed by atoms with Crippen molar-refractivity contribution < 1.29 is 4.74 Å². The van der Waals surface area contributed by atoms with E-state index in [4.69, 9.17) is 4.74 Å². The summed E-state index contributed by atoms with van der Waals surface area (Å²) in [4.78, 5) is 2.42. The highest BCUT2D eigenvalue weighted by molar-refractivity contribution is 5.77. The van der Waals surface area contributed by atoms with Gasteiger partial charge >= 0.3 is 0 Å². The van der Waals surface area contributed by atoms with Crippen molar-refractivity contribution in [2.24, 2.45) is 0 Å². The summed E-state index contributed by atoms with van der Waals surface area (Å²) in [5.41, 5.74) is 8.37. The first-order valence-corrected chi connectivity index (χ1v) is 9.35. The van der Waals surface area contributed by atoms with Crippen LogP contribution in [0.5, 0.6) is 5.75 Å². The molecule has 4 rings (SSSR count). The maximum absolute atomic E-state index is 5.47. The Hall–Kier alpha value is -3.00. The number of rotatable bonds is 4. The largest absolute Gasteiger partial charge is 0.497 e. The fourth-order valence-electron chi connectivity index (χ4n) is 4.04. The molecule has 0 amide bonds. The molecule has 2 heteroatoms. The Morgan fingerprint density at radius 2 is 1.96 bits per heavy atom. The van der Waals surface area contributed by atoms with Crippen LogP contribution in [0.25, 0.3) is 5.70 Å². The van der Waals surface area contributed by atoms with E-state index in [-0.39, 0.29) is 0 Å². The van der Waals surface area contributed by atoms with Crippen LogP contribution in [-0.2, 0) is 12.8 Å².